The molecule has 92 valence electrons. The molecule has 0 amide bonds. The van der Waals surface area contributed by atoms with Gasteiger partial charge in [-0.15, -0.1) is 0 Å². The SMILES string of the molecule is CCB(CC)CC.NCCCCCCN. The van der Waals surface area contributed by atoms with E-state index < -0.39 is 0 Å². The van der Waals surface area contributed by atoms with Crippen molar-refractivity contribution in [1.29, 1.82) is 0 Å². The van der Waals surface area contributed by atoms with E-state index >= 15 is 0 Å². The van der Waals surface area contributed by atoms with Gasteiger partial charge in [-0.25, -0.2) is 0 Å². The third-order valence-electron chi connectivity index (χ3n) is 2.89. The largest absolute Gasteiger partial charge is 0.330 e. The summed E-state index contributed by atoms with van der Waals surface area (Å²) >= 11 is 0. The minimum Gasteiger partial charge on any atom is -0.330 e. The maximum absolute atomic E-state index is 5.28. The fourth-order valence-electron chi connectivity index (χ4n) is 1.51. The molecule has 0 aliphatic rings. The van der Waals surface area contributed by atoms with Gasteiger partial charge in [0.1, 0.15) is 6.71 Å². The van der Waals surface area contributed by atoms with Crippen molar-refractivity contribution in [2.75, 3.05) is 13.1 Å². The molecule has 3 heteroatoms. The first-order valence-electron chi connectivity index (χ1n) is 6.66. The second-order valence-corrected chi connectivity index (χ2v) is 4.08. The Morgan fingerprint density at radius 3 is 1.13 bits per heavy atom. The highest BCUT2D eigenvalue weighted by Crippen LogP contribution is 2.01. The zero-order valence-electron chi connectivity index (χ0n) is 11.1. The van der Waals surface area contributed by atoms with Gasteiger partial charge in [0.05, 0.1) is 0 Å². The molecule has 0 aromatic heterocycles. The molecule has 0 unspecified atom stereocenters. The standard InChI is InChI=1S/C6H15B.C6H16N2/c1-4-7(5-2)6-3;7-5-3-1-2-4-6-8/h4-6H2,1-3H3;1-8H2. The molecule has 0 rings (SSSR count). The van der Waals surface area contributed by atoms with Crippen molar-refractivity contribution in [2.45, 2.75) is 65.4 Å². The number of hydrogen-bond donors (Lipinski definition) is 2. The summed E-state index contributed by atoms with van der Waals surface area (Å²) in [5.41, 5.74) is 10.6. The van der Waals surface area contributed by atoms with Crippen LogP contribution in [0.1, 0.15) is 46.5 Å². The van der Waals surface area contributed by atoms with Gasteiger partial charge < -0.3 is 11.5 Å². The zero-order valence-corrected chi connectivity index (χ0v) is 11.1. The van der Waals surface area contributed by atoms with Crippen LogP contribution in [0.4, 0.5) is 0 Å². The molecule has 15 heavy (non-hydrogen) atoms. The Kier molecular flexibility index (Phi) is 19.0. The van der Waals surface area contributed by atoms with E-state index in [0.717, 1.165) is 32.6 Å². The molecule has 0 aromatic rings. The van der Waals surface area contributed by atoms with Gasteiger partial charge in [-0.3, -0.25) is 0 Å². The van der Waals surface area contributed by atoms with Crippen molar-refractivity contribution in [2.24, 2.45) is 11.5 Å². The topological polar surface area (TPSA) is 52.0 Å². The van der Waals surface area contributed by atoms with Gasteiger partial charge in [-0.2, -0.15) is 0 Å². The number of hydrogen-bond acceptors (Lipinski definition) is 2. The van der Waals surface area contributed by atoms with Crippen LogP contribution in [-0.2, 0) is 0 Å². The lowest BCUT2D eigenvalue weighted by Crippen LogP contribution is -2.04. The average molecular weight is 214 g/mol. The molecule has 0 saturated carbocycles. The quantitative estimate of drug-likeness (QED) is 0.482. The highest BCUT2D eigenvalue weighted by molar-refractivity contribution is 6.58. The zero-order chi connectivity index (χ0) is 11.9. The maximum atomic E-state index is 5.28. The van der Waals surface area contributed by atoms with E-state index in [1.54, 1.807) is 0 Å². The number of unbranched alkanes of at least 4 members (excludes halogenated alkanes) is 3. The number of nitrogens with two attached hydrogens (primary N) is 2. The summed E-state index contributed by atoms with van der Waals surface area (Å²) in [6.07, 6.45) is 8.86. The third-order valence-corrected chi connectivity index (χ3v) is 2.89. The van der Waals surface area contributed by atoms with Gasteiger partial charge in [-0.1, -0.05) is 52.6 Å². The van der Waals surface area contributed by atoms with Crippen LogP contribution in [0.5, 0.6) is 0 Å². The van der Waals surface area contributed by atoms with E-state index in [0.29, 0.717) is 0 Å². The Morgan fingerprint density at radius 2 is 1.00 bits per heavy atom. The molecule has 0 bridgehead atoms. The molecular formula is C12H31BN2. The predicted octanol–water partition coefficient (Wildman–Crippen LogP) is 3.01. The van der Waals surface area contributed by atoms with Crippen LogP contribution in [-0.4, -0.2) is 19.8 Å². The fraction of sp³-hybridized carbons (Fsp3) is 1.00. The monoisotopic (exact) mass is 214 g/mol. The second-order valence-electron chi connectivity index (χ2n) is 4.08. The van der Waals surface area contributed by atoms with Gasteiger partial charge in [0.2, 0.25) is 0 Å². The van der Waals surface area contributed by atoms with Crippen molar-refractivity contribution >= 4 is 6.71 Å². The predicted molar refractivity (Wildman–Crippen MR) is 73.8 cm³/mol. The van der Waals surface area contributed by atoms with Crippen molar-refractivity contribution in [3.05, 3.63) is 0 Å². The highest BCUT2D eigenvalue weighted by Gasteiger charge is 2.01. The van der Waals surface area contributed by atoms with Crippen LogP contribution in [0, 0.1) is 0 Å². The van der Waals surface area contributed by atoms with E-state index in [2.05, 4.69) is 20.8 Å². The summed E-state index contributed by atoms with van der Waals surface area (Å²) in [4.78, 5) is 0. The molecule has 0 saturated heterocycles. The van der Waals surface area contributed by atoms with Crippen LogP contribution in [0.15, 0.2) is 0 Å². The molecule has 0 aliphatic carbocycles. The van der Waals surface area contributed by atoms with E-state index in [4.69, 9.17) is 11.5 Å². The number of rotatable bonds is 8. The van der Waals surface area contributed by atoms with E-state index in [1.807, 2.05) is 0 Å². The van der Waals surface area contributed by atoms with Crippen molar-refractivity contribution < 1.29 is 0 Å². The summed E-state index contributed by atoms with van der Waals surface area (Å²) in [6, 6.07) is 0. The van der Waals surface area contributed by atoms with E-state index in [9.17, 15) is 0 Å². The van der Waals surface area contributed by atoms with Gasteiger partial charge in [0.25, 0.3) is 0 Å². The lowest BCUT2D eigenvalue weighted by molar-refractivity contribution is 0.653. The van der Waals surface area contributed by atoms with Crippen molar-refractivity contribution in [1.82, 2.24) is 0 Å². The summed E-state index contributed by atoms with van der Waals surface area (Å²) in [6.45, 7) is 9.42. The summed E-state index contributed by atoms with van der Waals surface area (Å²) < 4.78 is 0. The minimum atomic E-state index is 0.824. The molecule has 0 fully saturated rings. The second kappa shape index (κ2) is 16.4. The van der Waals surface area contributed by atoms with E-state index in [-0.39, 0.29) is 0 Å². The Bertz CT molecular complexity index is 84.1. The molecule has 0 aliphatic heterocycles. The summed E-state index contributed by atoms with van der Waals surface area (Å²) in [5.74, 6) is 0. The van der Waals surface area contributed by atoms with Gasteiger partial charge in [-0.05, 0) is 25.9 Å². The van der Waals surface area contributed by atoms with Crippen LogP contribution in [0.25, 0.3) is 0 Å². The third kappa shape index (κ3) is 16.6. The minimum absolute atomic E-state index is 0.824. The smallest absolute Gasteiger partial charge is 0.139 e. The lowest BCUT2D eigenvalue weighted by atomic mass is 9.44. The molecule has 0 heterocycles. The van der Waals surface area contributed by atoms with Crippen LogP contribution >= 0.6 is 0 Å². The fourth-order valence-corrected chi connectivity index (χ4v) is 1.51. The van der Waals surface area contributed by atoms with Crippen molar-refractivity contribution in [3.8, 4) is 0 Å². The molecule has 4 N–H and O–H groups in total. The Morgan fingerprint density at radius 1 is 0.667 bits per heavy atom. The Labute approximate surface area is 97.3 Å². The maximum Gasteiger partial charge on any atom is 0.139 e. The van der Waals surface area contributed by atoms with Crippen molar-refractivity contribution in [3.63, 3.8) is 0 Å². The molecule has 2 nitrogen and oxygen atoms in total. The van der Waals surface area contributed by atoms with Crippen LogP contribution < -0.4 is 11.5 Å². The summed E-state index contributed by atoms with van der Waals surface area (Å²) in [5, 5.41) is 0. The highest BCUT2D eigenvalue weighted by atomic mass is 14.5. The first-order chi connectivity index (χ1) is 7.26. The van der Waals surface area contributed by atoms with Gasteiger partial charge >= 0.3 is 0 Å². The average Bonchev–Trinajstić information content (AvgIpc) is 2.28. The lowest BCUT2D eigenvalue weighted by Gasteiger charge is -2.00. The first-order valence-corrected chi connectivity index (χ1v) is 6.66. The van der Waals surface area contributed by atoms with E-state index in [1.165, 1.54) is 31.8 Å². The van der Waals surface area contributed by atoms with Crippen LogP contribution in [0.2, 0.25) is 19.0 Å². The molecule has 0 radical (unpaired) electrons. The molecule has 0 atom stereocenters. The van der Waals surface area contributed by atoms with Crippen LogP contribution in [0.3, 0.4) is 0 Å². The Balaban J connectivity index is 0. The molecule has 0 spiro atoms. The van der Waals surface area contributed by atoms with Gasteiger partial charge in [0.15, 0.2) is 0 Å². The summed E-state index contributed by atoms with van der Waals surface area (Å²) in [7, 11) is 0. The first kappa shape index (κ1) is 17.4. The normalized spacial score (nSPS) is 9.40. The van der Waals surface area contributed by atoms with Gasteiger partial charge in [0, 0.05) is 0 Å². The Hall–Kier alpha value is -0.0151. The molecule has 0 aromatic carbocycles. The molecular weight excluding hydrogens is 183 g/mol.